The van der Waals surface area contributed by atoms with E-state index in [9.17, 15) is 0 Å². The van der Waals surface area contributed by atoms with Gasteiger partial charge in [-0.3, -0.25) is 4.84 Å². The summed E-state index contributed by atoms with van der Waals surface area (Å²) in [5.74, 6) is 0. The fourth-order valence-corrected chi connectivity index (χ4v) is 1.20. The molecular formula is C7H14N2O2. The lowest BCUT2D eigenvalue weighted by Gasteiger charge is -2.27. The lowest BCUT2D eigenvalue weighted by Crippen LogP contribution is -2.35. The summed E-state index contributed by atoms with van der Waals surface area (Å²) in [6.07, 6.45) is 1.51. The standard InChI is InChI=1S/C7H14N2O2/c1-4-10-7(1)5-11-9-3-2-8-6-9/h7-8H,1-6H2. The van der Waals surface area contributed by atoms with Crippen molar-refractivity contribution >= 4 is 0 Å². The average Bonchev–Trinajstić information content (AvgIpc) is 2.36. The van der Waals surface area contributed by atoms with E-state index >= 15 is 0 Å². The van der Waals surface area contributed by atoms with Gasteiger partial charge in [-0.25, -0.2) is 0 Å². The third-order valence-electron chi connectivity index (χ3n) is 2.06. The summed E-state index contributed by atoms with van der Waals surface area (Å²) in [6.45, 7) is 4.51. The molecule has 1 atom stereocenters. The molecule has 0 aromatic carbocycles. The molecule has 0 aromatic heterocycles. The van der Waals surface area contributed by atoms with Crippen molar-refractivity contribution in [1.82, 2.24) is 10.4 Å². The molecule has 1 N–H and O–H groups in total. The Morgan fingerprint density at radius 2 is 2.55 bits per heavy atom. The molecule has 2 heterocycles. The molecule has 2 rings (SSSR count). The molecule has 0 aromatic rings. The first-order valence-electron chi connectivity index (χ1n) is 4.15. The van der Waals surface area contributed by atoms with E-state index in [2.05, 4.69) is 5.32 Å². The minimum Gasteiger partial charge on any atom is -0.376 e. The van der Waals surface area contributed by atoms with E-state index in [0.29, 0.717) is 6.10 Å². The van der Waals surface area contributed by atoms with Gasteiger partial charge in [0.1, 0.15) is 0 Å². The van der Waals surface area contributed by atoms with Crippen LogP contribution in [0.25, 0.3) is 0 Å². The monoisotopic (exact) mass is 158 g/mol. The summed E-state index contributed by atoms with van der Waals surface area (Å²) in [5, 5.41) is 5.14. The Labute approximate surface area is 66.4 Å². The Bertz CT molecular complexity index is 122. The van der Waals surface area contributed by atoms with Crippen LogP contribution in [0.4, 0.5) is 0 Å². The highest BCUT2D eigenvalue weighted by Gasteiger charge is 2.20. The highest BCUT2D eigenvalue weighted by atomic mass is 16.7. The second-order valence-electron chi connectivity index (χ2n) is 2.94. The second kappa shape index (κ2) is 3.49. The van der Waals surface area contributed by atoms with Gasteiger partial charge in [-0.2, -0.15) is 5.06 Å². The number of nitrogens with zero attached hydrogens (tertiary/aromatic N) is 1. The number of hydrogen-bond acceptors (Lipinski definition) is 4. The van der Waals surface area contributed by atoms with Crippen molar-refractivity contribution in [2.24, 2.45) is 0 Å². The van der Waals surface area contributed by atoms with Gasteiger partial charge in [-0.1, -0.05) is 0 Å². The maximum absolute atomic E-state index is 5.45. The summed E-state index contributed by atoms with van der Waals surface area (Å²) < 4.78 is 5.22. The quantitative estimate of drug-likeness (QED) is 0.604. The maximum atomic E-state index is 5.45. The minimum atomic E-state index is 0.357. The lowest BCUT2D eigenvalue weighted by atomic mass is 10.2. The molecule has 4 nitrogen and oxygen atoms in total. The van der Waals surface area contributed by atoms with Crippen molar-refractivity contribution in [1.29, 1.82) is 0 Å². The zero-order valence-corrected chi connectivity index (χ0v) is 6.58. The molecule has 0 amide bonds. The fourth-order valence-electron chi connectivity index (χ4n) is 1.20. The zero-order chi connectivity index (χ0) is 7.52. The minimum absolute atomic E-state index is 0.357. The molecule has 0 saturated carbocycles. The Kier molecular flexibility index (Phi) is 2.38. The van der Waals surface area contributed by atoms with E-state index in [1.807, 2.05) is 5.06 Å². The van der Waals surface area contributed by atoms with E-state index in [0.717, 1.165) is 39.4 Å². The van der Waals surface area contributed by atoms with Crippen LogP contribution in [0.15, 0.2) is 0 Å². The van der Waals surface area contributed by atoms with E-state index in [4.69, 9.17) is 9.57 Å². The van der Waals surface area contributed by atoms with Gasteiger partial charge in [-0.15, -0.1) is 0 Å². The van der Waals surface area contributed by atoms with Crippen molar-refractivity contribution < 1.29 is 9.57 Å². The molecule has 2 fully saturated rings. The van der Waals surface area contributed by atoms with Gasteiger partial charge in [0.2, 0.25) is 0 Å². The third-order valence-corrected chi connectivity index (χ3v) is 2.06. The molecule has 1 unspecified atom stereocenters. The largest absolute Gasteiger partial charge is 0.376 e. The first-order valence-corrected chi connectivity index (χ1v) is 4.15. The Balaban J connectivity index is 1.57. The van der Waals surface area contributed by atoms with Gasteiger partial charge in [0.15, 0.2) is 0 Å². The van der Waals surface area contributed by atoms with Crippen molar-refractivity contribution in [2.45, 2.75) is 12.5 Å². The van der Waals surface area contributed by atoms with Crippen molar-refractivity contribution in [3.63, 3.8) is 0 Å². The first kappa shape index (κ1) is 7.49. The van der Waals surface area contributed by atoms with Crippen LogP contribution in [0.2, 0.25) is 0 Å². The Hall–Kier alpha value is -0.160. The van der Waals surface area contributed by atoms with Gasteiger partial charge >= 0.3 is 0 Å². The van der Waals surface area contributed by atoms with Gasteiger partial charge in [0.05, 0.1) is 19.4 Å². The van der Waals surface area contributed by atoms with Gasteiger partial charge in [-0.05, 0) is 6.42 Å². The molecule has 0 aliphatic carbocycles. The molecule has 0 radical (unpaired) electrons. The lowest BCUT2D eigenvalue weighted by molar-refractivity contribution is -0.195. The summed E-state index contributed by atoms with van der Waals surface area (Å²) in [5.41, 5.74) is 0. The number of rotatable bonds is 3. The van der Waals surface area contributed by atoms with Crippen LogP contribution in [0.5, 0.6) is 0 Å². The number of nitrogens with one attached hydrogen (secondary N) is 1. The van der Waals surface area contributed by atoms with E-state index < -0.39 is 0 Å². The summed E-state index contributed by atoms with van der Waals surface area (Å²) in [4.78, 5) is 5.45. The smallest absolute Gasteiger partial charge is 0.0948 e. The van der Waals surface area contributed by atoms with Crippen LogP contribution in [0, 0.1) is 0 Å². The summed E-state index contributed by atoms with van der Waals surface area (Å²) in [7, 11) is 0. The highest BCUT2D eigenvalue weighted by molar-refractivity contribution is 4.65. The summed E-state index contributed by atoms with van der Waals surface area (Å²) in [6, 6.07) is 0. The van der Waals surface area contributed by atoms with Crippen LogP contribution in [-0.2, 0) is 9.57 Å². The van der Waals surface area contributed by atoms with Gasteiger partial charge in [0.25, 0.3) is 0 Å². The number of hydrogen-bond donors (Lipinski definition) is 1. The molecule has 0 spiro atoms. The van der Waals surface area contributed by atoms with Gasteiger partial charge < -0.3 is 10.1 Å². The normalized spacial score (nSPS) is 32.2. The van der Waals surface area contributed by atoms with E-state index in [1.165, 1.54) is 0 Å². The van der Waals surface area contributed by atoms with Gasteiger partial charge in [0, 0.05) is 19.7 Å². The number of ether oxygens (including phenoxy) is 1. The molecule has 64 valence electrons. The average molecular weight is 158 g/mol. The van der Waals surface area contributed by atoms with Crippen molar-refractivity contribution in [3.05, 3.63) is 0 Å². The predicted octanol–water partition coefficient (Wildman–Crippen LogP) is -0.430. The Morgan fingerprint density at radius 3 is 3.09 bits per heavy atom. The van der Waals surface area contributed by atoms with Crippen LogP contribution >= 0.6 is 0 Å². The van der Waals surface area contributed by atoms with Crippen LogP contribution in [0.1, 0.15) is 6.42 Å². The first-order chi connectivity index (χ1) is 5.45. The number of hydroxylamine groups is 2. The SMILES string of the molecule is C1CN(OCC2CCO2)CN1. The maximum Gasteiger partial charge on any atom is 0.0948 e. The fraction of sp³-hybridized carbons (Fsp3) is 1.00. The van der Waals surface area contributed by atoms with E-state index in [1.54, 1.807) is 0 Å². The zero-order valence-electron chi connectivity index (χ0n) is 6.58. The van der Waals surface area contributed by atoms with Crippen molar-refractivity contribution in [2.75, 3.05) is 33.0 Å². The Morgan fingerprint density at radius 1 is 1.64 bits per heavy atom. The molecule has 0 bridgehead atoms. The van der Waals surface area contributed by atoms with Crippen LogP contribution < -0.4 is 5.32 Å². The van der Waals surface area contributed by atoms with Crippen molar-refractivity contribution in [3.8, 4) is 0 Å². The van der Waals surface area contributed by atoms with E-state index in [-0.39, 0.29) is 0 Å². The topological polar surface area (TPSA) is 33.7 Å². The summed E-state index contributed by atoms with van der Waals surface area (Å²) >= 11 is 0. The molecule has 2 saturated heterocycles. The second-order valence-corrected chi connectivity index (χ2v) is 2.94. The predicted molar refractivity (Wildman–Crippen MR) is 39.9 cm³/mol. The molecule has 2 aliphatic rings. The molecule has 4 heteroatoms. The molecule has 11 heavy (non-hydrogen) atoms. The highest BCUT2D eigenvalue weighted by Crippen LogP contribution is 2.11. The molecular weight excluding hydrogens is 144 g/mol. The molecule has 2 aliphatic heterocycles. The van der Waals surface area contributed by atoms with Crippen LogP contribution in [0.3, 0.4) is 0 Å². The van der Waals surface area contributed by atoms with Crippen LogP contribution in [-0.4, -0.2) is 44.1 Å². The third kappa shape index (κ3) is 1.90.